The maximum absolute atomic E-state index is 11.4. The molecule has 2 rings (SSSR count). The molecule has 0 aromatic heterocycles. The van der Waals surface area contributed by atoms with Crippen LogP contribution in [0.5, 0.6) is 11.5 Å². The van der Waals surface area contributed by atoms with E-state index in [2.05, 4.69) is 12.2 Å². The molecule has 1 amide bonds. The number of carbonyl (C=O) groups is 1. The molecule has 1 aromatic rings. The van der Waals surface area contributed by atoms with Crippen molar-refractivity contribution in [2.45, 2.75) is 31.7 Å². The quantitative estimate of drug-likeness (QED) is 0.886. The van der Waals surface area contributed by atoms with Gasteiger partial charge in [0.05, 0.1) is 14.2 Å². The van der Waals surface area contributed by atoms with Crippen LogP contribution >= 0.6 is 0 Å². The SMILES string of the molecule is COc1cccc(CC2(C)CCC(=O)N2)c1OC. The van der Waals surface area contributed by atoms with Crippen molar-refractivity contribution in [2.24, 2.45) is 0 Å². The lowest BCUT2D eigenvalue weighted by Crippen LogP contribution is -2.40. The van der Waals surface area contributed by atoms with E-state index >= 15 is 0 Å². The molecule has 1 heterocycles. The second-order valence-electron chi connectivity index (χ2n) is 4.94. The van der Waals surface area contributed by atoms with Gasteiger partial charge in [-0.2, -0.15) is 0 Å². The summed E-state index contributed by atoms with van der Waals surface area (Å²) in [5.74, 6) is 1.60. The van der Waals surface area contributed by atoms with Crippen LogP contribution in [0.15, 0.2) is 18.2 Å². The van der Waals surface area contributed by atoms with Crippen LogP contribution in [0.3, 0.4) is 0 Å². The monoisotopic (exact) mass is 249 g/mol. The van der Waals surface area contributed by atoms with Gasteiger partial charge in [-0.1, -0.05) is 12.1 Å². The van der Waals surface area contributed by atoms with Gasteiger partial charge in [0, 0.05) is 17.5 Å². The number of rotatable bonds is 4. The Bertz CT molecular complexity index is 458. The Morgan fingerprint density at radius 2 is 2.11 bits per heavy atom. The van der Waals surface area contributed by atoms with E-state index in [1.807, 2.05) is 18.2 Å². The van der Waals surface area contributed by atoms with Gasteiger partial charge in [0.25, 0.3) is 0 Å². The smallest absolute Gasteiger partial charge is 0.220 e. The number of benzene rings is 1. The molecule has 1 aliphatic rings. The van der Waals surface area contributed by atoms with Gasteiger partial charge in [-0.25, -0.2) is 0 Å². The number of para-hydroxylation sites is 1. The van der Waals surface area contributed by atoms with Crippen LogP contribution < -0.4 is 14.8 Å². The lowest BCUT2D eigenvalue weighted by molar-refractivity contribution is -0.119. The summed E-state index contributed by atoms with van der Waals surface area (Å²) in [6, 6.07) is 5.83. The number of hydrogen-bond acceptors (Lipinski definition) is 3. The fourth-order valence-electron chi connectivity index (χ4n) is 2.50. The van der Waals surface area contributed by atoms with E-state index in [1.54, 1.807) is 14.2 Å². The average Bonchev–Trinajstić information content (AvgIpc) is 2.68. The predicted molar refractivity (Wildman–Crippen MR) is 69.0 cm³/mol. The van der Waals surface area contributed by atoms with Gasteiger partial charge in [0.1, 0.15) is 0 Å². The fraction of sp³-hybridized carbons (Fsp3) is 0.500. The third-order valence-electron chi connectivity index (χ3n) is 3.41. The molecular formula is C14H19NO3. The van der Waals surface area contributed by atoms with Crippen LogP contribution in [0, 0.1) is 0 Å². The first-order valence-corrected chi connectivity index (χ1v) is 6.09. The third-order valence-corrected chi connectivity index (χ3v) is 3.41. The van der Waals surface area contributed by atoms with Crippen LogP contribution in [0.25, 0.3) is 0 Å². The molecule has 1 aromatic carbocycles. The van der Waals surface area contributed by atoms with Crippen molar-refractivity contribution < 1.29 is 14.3 Å². The standard InChI is InChI=1S/C14H19NO3/c1-14(8-7-12(16)15-14)9-10-5-4-6-11(17-2)13(10)18-3/h4-6H,7-9H2,1-3H3,(H,15,16). The molecule has 1 aliphatic heterocycles. The van der Waals surface area contributed by atoms with Gasteiger partial charge in [-0.05, 0) is 25.8 Å². The van der Waals surface area contributed by atoms with Gasteiger partial charge >= 0.3 is 0 Å². The molecule has 0 aliphatic carbocycles. The minimum Gasteiger partial charge on any atom is -0.493 e. The van der Waals surface area contributed by atoms with E-state index in [4.69, 9.17) is 9.47 Å². The van der Waals surface area contributed by atoms with Gasteiger partial charge in [0.2, 0.25) is 5.91 Å². The minimum atomic E-state index is -0.184. The summed E-state index contributed by atoms with van der Waals surface area (Å²) in [7, 11) is 3.26. The van der Waals surface area contributed by atoms with Crippen LogP contribution in [-0.4, -0.2) is 25.7 Å². The number of ether oxygens (including phenoxy) is 2. The van der Waals surface area contributed by atoms with Crippen molar-refractivity contribution in [1.82, 2.24) is 5.32 Å². The Morgan fingerprint density at radius 1 is 1.33 bits per heavy atom. The van der Waals surface area contributed by atoms with Gasteiger partial charge < -0.3 is 14.8 Å². The third kappa shape index (κ3) is 2.42. The first-order valence-electron chi connectivity index (χ1n) is 6.09. The van der Waals surface area contributed by atoms with Crippen molar-refractivity contribution in [3.8, 4) is 11.5 Å². The molecule has 18 heavy (non-hydrogen) atoms. The molecular weight excluding hydrogens is 230 g/mol. The number of methoxy groups -OCH3 is 2. The second-order valence-corrected chi connectivity index (χ2v) is 4.94. The largest absolute Gasteiger partial charge is 0.493 e. The van der Waals surface area contributed by atoms with Crippen LogP contribution in [0.4, 0.5) is 0 Å². The number of amides is 1. The first-order chi connectivity index (χ1) is 8.58. The Kier molecular flexibility index (Phi) is 3.45. The highest BCUT2D eigenvalue weighted by Gasteiger charge is 2.34. The lowest BCUT2D eigenvalue weighted by Gasteiger charge is -2.25. The van der Waals surface area contributed by atoms with Crippen LogP contribution in [0.2, 0.25) is 0 Å². The Hall–Kier alpha value is -1.71. The molecule has 1 unspecified atom stereocenters. The zero-order valence-electron chi connectivity index (χ0n) is 11.1. The van der Waals surface area contributed by atoms with Crippen LogP contribution in [0.1, 0.15) is 25.3 Å². The van der Waals surface area contributed by atoms with Gasteiger partial charge in [-0.3, -0.25) is 4.79 Å². The number of carbonyl (C=O) groups excluding carboxylic acids is 1. The number of nitrogens with one attached hydrogen (secondary N) is 1. The molecule has 0 saturated carbocycles. The average molecular weight is 249 g/mol. The maximum atomic E-state index is 11.4. The van der Waals surface area contributed by atoms with E-state index in [1.165, 1.54) is 0 Å². The summed E-state index contributed by atoms with van der Waals surface area (Å²) < 4.78 is 10.7. The first kappa shape index (κ1) is 12.7. The van der Waals surface area contributed by atoms with E-state index in [0.29, 0.717) is 6.42 Å². The summed E-state index contributed by atoms with van der Waals surface area (Å²) in [6.07, 6.45) is 2.20. The predicted octanol–water partition coefficient (Wildman–Crippen LogP) is 1.91. The fourth-order valence-corrected chi connectivity index (χ4v) is 2.50. The zero-order valence-corrected chi connectivity index (χ0v) is 11.1. The van der Waals surface area contributed by atoms with Crippen molar-refractivity contribution in [3.05, 3.63) is 23.8 Å². The highest BCUT2D eigenvalue weighted by atomic mass is 16.5. The molecule has 4 nitrogen and oxygen atoms in total. The normalized spacial score (nSPS) is 22.7. The van der Waals surface area contributed by atoms with E-state index < -0.39 is 0 Å². The lowest BCUT2D eigenvalue weighted by atomic mass is 9.91. The van der Waals surface area contributed by atoms with Gasteiger partial charge in [0.15, 0.2) is 11.5 Å². The van der Waals surface area contributed by atoms with E-state index in [0.717, 1.165) is 29.9 Å². The summed E-state index contributed by atoms with van der Waals surface area (Å²) in [6.45, 7) is 2.07. The molecule has 1 fully saturated rings. The van der Waals surface area contributed by atoms with Crippen LogP contribution in [-0.2, 0) is 11.2 Å². The maximum Gasteiger partial charge on any atom is 0.220 e. The number of hydrogen-bond donors (Lipinski definition) is 1. The highest BCUT2D eigenvalue weighted by Crippen LogP contribution is 2.34. The Morgan fingerprint density at radius 3 is 2.67 bits per heavy atom. The minimum absolute atomic E-state index is 0.124. The van der Waals surface area contributed by atoms with Crippen molar-refractivity contribution in [3.63, 3.8) is 0 Å². The second kappa shape index (κ2) is 4.88. The summed E-state index contributed by atoms with van der Waals surface area (Å²) in [5, 5.41) is 3.03. The molecule has 98 valence electrons. The molecule has 0 radical (unpaired) electrons. The molecule has 1 saturated heterocycles. The Labute approximate surface area is 107 Å². The van der Waals surface area contributed by atoms with E-state index in [-0.39, 0.29) is 11.4 Å². The topological polar surface area (TPSA) is 47.6 Å². The highest BCUT2D eigenvalue weighted by molar-refractivity contribution is 5.79. The Balaban J connectivity index is 2.26. The summed E-state index contributed by atoms with van der Waals surface area (Å²) >= 11 is 0. The zero-order chi connectivity index (χ0) is 13.2. The summed E-state index contributed by atoms with van der Waals surface area (Å²) in [4.78, 5) is 11.4. The van der Waals surface area contributed by atoms with Crippen molar-refractivity contribution in [2.75, 3.05) is 14.2 Å². The molecule has 1 N–H and O–H groups in total. The molecule has 0 bridgehead atoms. The summed E-state index contributed by atoms with van der Waals surface area (Å²) in [5.41, 5.74) is 0.873. The molecule has 1 atom stereocenters. The molecule has 4 heteroatoms. The molecule has 0 spiro atoms. The van der Waals surface area contributed by atoms with Gasteiger partial charge in [-0.15, -0.1) is 0 Å². The van der Waals surface area contributed by atoms with E-state index in [9.17, 15) is 4.79 Å². The van der Waals surface area contributed by atoms with Crippen molar-refractivity contribution in [1.29, 1.82) is 0 Å². The van der Waals surface area contributed by atoms with Crippen molar-refractivity contribution >= 4 is 5.91 Å².